The predicted octanol–water partition coefficient (Wildman–Crippen LogP) is 1.88. The van der Waals surface area contributed by atoms with Gasteiger partial charge in [-0.1, -0.05) is 0 Å². The summed E-state index contributed by atoms with van der Waals surface area (Å²) >= 11 is 3.07. The summed E-state index contributed by atoms with van der Waals surface area (Å²) in [4.78, 5) is 2.17. The Labute approximate surface area is 114 Å². The minimum atomic E-state index is -0.388. The molecule has 6 heteroatoms. The molecule has 1 saturated heterocycles. The smallest absolute Gasteiger partial charge is 0.145 e. The number of rotatable bonds is 3. The summed E-state index contributed by atoms with van der Waals surface area (Å²) in [6.45, 7) is 2.79. The van der Waals surface area contributed by atoms with Crippen LogP contribution in [0.3, 0.4) is 0 Å². The lowest BCUT2D eigenvalue weighted by Gasteiger charge is -2.29. The van der Waals surface area contributed by atoms with Crippen LogP contribution in [-0.2, 0) is 4.74 Å². The standard InChI is InChI=1S/C12H16BrFN2O2/c1-16-2-3-17-8(6-16)7-18-12-5-10(14)9(13)4-11(12)15/h4-5,8H,2-3,6-7,15H2,1H3. The van der Waals surface area contributed by atoms with E-state index in [1.807, 2.05) is 7.05 Å². The lowest BCUT2D eigenvalue weighted by atomic mass is 10.2. The molecule has 0 aromatic heterocycles. The summed E-state index contributed by atoms with van der Waals surface area (Å²) < 4.78 is 24.8. The topological polar surface area (TPSA) is 47.7 Å². The van der Waals surface area contributed by atoms with Gasteiger partial charge in [-0.25, -0.2) is 4.39 Å². The van der Waals surface area contributed by atoms with Crippen LogP contribution in [0.15, 0.2) is 16.6 Å². The first-order valence-electron chi connectivity index (χ1n) is 5.73. The molecule has 4 nitrogen and oxygen atoms in total. The van der Waals surface area contributed by atoms with Crippen LogP contribution in [0.25, 0.3) is 0 Å². The number of hydrogen-bond acceptors (Lipinski definition) is 4. The third-order valence-corrected chi connectivity index (χ3v) is 3.43. The minimum absolute atomic E-state index is 0.00476. The molecule has 1 aromatic carbocycles. The highest BCUT2D eigenvalue weighted by Crippen LogP contribution is 2.28. The molecule has 1 aliphatic heterocycles. The van der Waals surface area contributed by atoms with E-state index in [9.17, 15) is 4.39 Å². The van der Waals surface area contributed by atoms with Gasteiger partial charge in [0.25, 0.3) is 0 Å². The maximum Gasteiger partial charge on any atom is 0.145 e. The van der Waals surface area contributed by atoms with Gasteiger partial charge in [0.15, 0.2) is 0 Å². The van der Waals surface area contributed by atoms with Gasteiger partial charge in [-0.05, 0) is 29.0 Å². The molecule has 1 heterocycles. The van der Waals surface area contributed by atoms with E-state index >= 15 is 0 Å². The van der Waals surface area contributed by atoms with Crippen molar-refractivity contribution in [2.75, 3.05) is 39.1 Å². The molecule has 0 radical (unpaired) electrons. The van der Waals surface area contributed by atoms with Crippen molar-refractivity contribution in [1.29, 1.82) is 0 Å². The SMILES string of the molecule is CN1CCOC(COc2cc(F)c(Br)cc2N)C1. The Kier molecular flexibility index (Phi) is 4.42. The third-order valence-electron chi connectivity index (χ3n) is 2.82. The zero-order valence-corrected chi connectivity index (χ0v) is 11.7. The summed E-state index contributed by atoms with van der Waals surface area (Å²) in [5.41, 5.74) is 6.17. The average Bonchev–Trinajstić information content (AvgIpc) is 2.32. The van der Waals surface area contributed by atoms with Gasteiger partial charge in [-0.15, -0.1) is 0 Å². The van der Waals surface area contributed by atoms with Crippen molar-refractivity contribution in [3.05, 3.63) is 22.4 Å². The number of nitrogen functional groups attached to an aromatic ring is 1. The van der Waals surface area contributed by atoms with Gasteiger partial charge in [-0.2, -0.15) is 0 Å². The van der Waals surface area contributed by atoms with Crippen LogP contribution in [-0.4, -0.2) is 44.4 Å². The first-order chi connectivity index (χ1) is 8.56. The van der Waals surface area contributed by atoms with E-state index in [4.69, 9.17) is 15.2 Å². The molecular formula is C12H16BrFN2O2. The van der Waals surface area contributed by atoms with Gasteiger partial charge < -0.3 is 20.1 Å². The normalized spacial score (nSPS) is 20.9. The number of anilines is 1. The van der Waals surface area contributed by atoms with Gasteiger partial charge in [-0.3, -0.25) is 0 Å². The van der Waals surface area contributed by atoms with Crippen molar-refractivity contribution in [2.45, 2.75) is 6.10 Å². The highest BCUT2D eigenvalue weighted by Gasteiger charge is 2.19. The number of nitrogens with two attached hydrogens (primary N) is 1. The second kappa shape index (κ2) is 5.86. The summed E-state index contributed by atoms with van der Waals surface area (Å²) in [7, 11) is 2.03. The molecule has 1 aromatic rings. The van der Waals surface area contributed by atoms with Gasteiger partial charge >= 0.3 is 0 Å². The van der Waals surface area contributed by atoms with Crippen LogP contribution in [0.5, 0.6) is 5.75 Å². The van der Waals surface area contributed by atoms with Gasteiger partial charge in [0.2, 0.25) is 0 Å². The number of nitrogens with zero attached hydrogens (tertiary/aromatic N) is 1. The molecule has 1 fully saturated rings. The van der Waals surface area contributed by atoms with E-state index in [1.165, 1.54) is 12.1 Å². The van der Waals surface area contributed by atoms with E-state index in [0.29, 0.717) is 29.1 Å². The Morgan fingerprint density at radius 3 is 3.11 bits per heavy atom. The van der Waals surface area contributed by atoms with E-state index < -0.39 is 0 Å². The predicted molar refractivity (Wildman–Crippen MR) is 71.2 cm³/mol. The van der Waals surface area contributed by atoms with Crippen LogP contribution in [0, 0.1) is 5.82 Å². The fourth-order valence-electron chi connectivity index (χ4n) is 1.82. The number of halogens is 2. The fourth-order valence-corrected chi connectivity index (χ4v) is 2.18. The molecule has 18 heavy (non-hydrogen) atoms. The zero-order chi connectivity index (χ0) is 13.1. The largest absolute Gasteiger partial charge is 0.489 e. The Balaban J connectivity index is 1.95. The molecule has 2 rings (SSSR count). The molecule has 1 unspecified atom stereocenters. The molecule has 2 N–H and O–H groups in total. The maximum atomic E-state index is 13.4. The number of morpholine rings is 1. The van der Waals surface area contributed by atoms with Crippen LogP contribution in [0.4, 0.5) is 10.1 Å². The van der Waals surface area contributed by atoms with Crippen molar-refractivity contribution >= 4 is 21.6 Å². The average molecular weight is 319 g/mol. The number of likely N-dealkylation sites (N-methyl/N-ethyl adjacent to an activating group) is 1. The molecule has 100 valence electrons. The second-order valence-corrected chi connectivity index (χ2v) is 5.22. The first kappa shape index (κ1) is 13.6. The van der Waals surface area contributed by atoms with Gasteiger partial charge in [0.1, 0.15) is 24.3 Å². The molecule has 0 bridgehead atoms. The van der Waals surface area contributed by atoms with Gasteiger partial charge in [0.05, 0.1) is 16.8 Å². The molecule has 1 atom stereocenters. The lowest BCUT2D eigenvalue weighted by molar-refractivity contribution is -0.0402. The van der Waals surface area contributed by atoms with Crippen molar-refractivity contribution in [1.82, 2.24) is 4.90 Å². The molecule has 0 aliphatic carbocycles. The Morgan fingerprint density at radius 2 is 2.39 bits per heavy atom. The van der Waals surface area contributed by atoms with Crippen molar-refractivity contribution in [2.24, 2.45) is 0 Å². The van der Waals surface area contributed by atoms with E-state index in [1.54, 1.807) is 0 Å². The van der Waals surface area contributed by atoms with Crippen LogP contribution >= 0.6 is 15.9 Å². The van der Waals surface area contributed by atoms with Crippen LogP contribution in [0.1, 0.15) is 0 Å². The lowest BCUT2D eigenvalue weighted by Crippen LogP contribution is -2.42. The minimum Gasteiger partial charge on any atom is -0.489 e. The quantitative estimate of drug-likeness (QED) is 0.864. The van der Waals surface area contributed by atoms with Crippen molar-refractivity contribution < 1.29 is 13.9 Å². The van der Waals surface area contributed by atoms with Crippen LogP contribution < -0.4 is 10.5 Å². The highest BCUT2D eigenvalue weighted by atomic mass is 79.9. The molecule has 0 spiro atoms. The van der Waals surface area contributed by atoms with Gasteiger partial charge in [0, 0.05) is 19.2 Å². The second-order valence-electron chi connectivity index (χ2n) is 4.37. The molecule has 1 aliphatic rings. The maximum absolute atomic E-state index is 13.4. The Morgan fingerprint density at radius 1 is 1.61 bits per heavy atom. The fraction of sp³-hybridized carbons (Fsp3) is 0.500. The third kappa shape index (κ3) is 3.34. The van der Waals surface area contributed by atoms with E-state index in [-0.39, 0.29) is 11.9 Å². The first-order valence-corrected chi connectivity index (χ1v) is 6.53. The monoisotopic (exact) mass is 318 g/mol. The summed E-state index contributed by atoms with van der Waals surface area (Å²) in [5, 5.41) is 0. The zero-order valence-electron chi connectivity index (χ0n) is 10.2. The van der Waals surface area contributed by atoms with Crippen molar-refractivity contribution in [3.8, 4) is 5.75 Å². The number of benzene rings is 1. The number of hydrogen-bond donors (Lipinski definition) is 1. The summed E-state index contributed by atoms with van der Waals surface area (Å²) in [5.74, 6) is -0.0339. The molecular weight excluding hydrogens is 303 g/mol. The van der Waals surface area contributed by atoms with E-state index in [2.05, 4.69) is 20.8 Å². The Bertz CT molecular complexity index is 431. The highest BCUT2D eigenvalue weighted by molar-refractivity contribution is 9.10. The number of ether oxygens (including phenoxy) is 2. The van der Waals surface area contributed by atoms with E-state index in [0.717, 1.165) is 13.1 Å². The summed E-state index contributed by atoms with van der Waals surface area (Å²) in [6.07, 6.45) is -0.00476. The van der Waals surface area contributed by atoms with Crippen LogP contribution in [0.2, 0.25) is 0 Å². The van der Waals surface area contributed by atoms with Crippen molar-refractivity contribution in [3.63, 3.8) is 0 Å². The molecule has 0 saturated carbocycles. The Hall–Kier alpha value is -0.850. The molecule has 0 amide bonds. The summed E-state index contributed by atoms with van der Waals surface area (Å²) in [6, 6.07) is 2.78.